The molecule has 0 radical (unpaired) electrons. The first-order valence-electron chi connectivity index (χ1n) is 11.9. The molecule has 1 fully saturated rings. The number of Topliss-reactive ketones (excluding diaryl/α,β-unsaturated/α-hetero) is 1. The number of anilines is 1. The molecule has 0 bridgehead atoms. The van der Waals surface area contributed by atoms with E-state index in [2.05, 4.69) is 4.98 Å². The van der Waals surface area contributed by atoms with Crippen LogP contribution >= 0.6 is 11.3 Å². The molecule has 1 saturated heterocycles. The average Bonchev–Trinajstić information content (AvgIpc) is 3.43. The number of nitro benzene ring substituents is 1. The molecular formula is C28H23N3O6S. The van der Waals surface area contributed by atoms with Crippen molar-refractivity contribution in [3.05, 3.63) is 98.6 Å². The molecule has 1 atom stereocenters. The number of ketones is 1. The van der Waals surface area contributed by atoms with Crippen molar-refractivity contribution in [2.75, 3.05) is 11.5 Å². The van der Waals surface area contributed by atoms with Gasteiger partial charge in [-0.2, -0.15) is 0 Å². The molecule has 2 heterocycles. The number of non-ortho nitro benzene ring substituents is 1. The first-order chi connectivity index (χ1) is 18.2. The third-order valence-electron chi connectivity index (χ3n) is 6.33. The lowest BCUT2D eigenvalue weighted by molar-refractivity contribution is -0.384. The highest BCUT2D eigenvalue weighted by atomic mass is 32.1. The van der Waals surface area contributed by atoms with Crippen LogP contribution < -0.4 is 9.64 Å². The molecule has 0 unspecified atom stereocenters. The molecule has 4 aromatic rings. The largest absolute Gasteiger partial charge is 0.507 e. The number of thiazole rings is 1. The molecule has 1 aliphatic rings. The van der Waals surface area contributed by atoms with Gasteiger partial charge in [-0.3, -0.25) is 24.6 Å². The minimum Gasteiger partial charge on any atom is -0.507 e. The van der Waals surface area contributed by atoms with Crippen LogP contribution in [0.4, 0.5) is 10.8 Å². The minimum atomic E-state index is -1.04. The van der Waals surface area contributed by atoms with Crippen LogP contribution in [0.15, 0.2) is 66.2 Å². The number of ether oxygens (including phenoxy) is 1. The van der Waals surface area contributed by atoms with Gasteiger partial charge in [-0.15, -0.1) is 0 Å². The summed E-state index contributed by atoms with van der Waals surface area (Å²) in [6, 6.07) is 15.0. The van der Waals surface area contributed by atoms with Crippen LogP contribution in [0.5, 0.6) is 5.75 Å². The summed E-state index contributed by atoms with van der Waals surface area (Å²) in [6.07, 6.45) is 0. The lowest BCUT2D eigenvalue weighted by atomic mass is 9.95. The summed E-state index contributed by atoms with van der Waals surface area (Å²) in [4.78, 5) is 43.5. The predicted octanol–water partition coefficient (Wildman–Crippen LogP) is 5.85. The Balaban J connectivity index is 1.70. The van der Waals surface area contributed by atoms with E-state index in [9.17, 15) is 24.8 Å². The first kappa shape index (κ1) is 25.1. The zero-order valence-electron chi connectivity index (χ0n) is 20.8. The number of aromatic nitrogens is 1. The van der Waals surface area contributed by atoms with Crippen molar-refractivity contribution < 1.29 is 24.4 Å². The number of carbonyl (C=O) groups excluding carboxylic acids is 2. The van der Waals surface area contributed by atoms with Gasteiger partial charge in [-0.05, 0) is 79.9 Å². The number of hydrogen-bond acceptors (Lipinski definition) is 8. The van der Waals surface area contributed by atoms with E-state index < -0.39 is 22.7 Å². The summed E-state index contributed by atoms with van der Waals surface area (Å²) in [6.45, 7) is 6.21. The molecule has 1 aromatic heterocycles. The molecule has 5 rings (SSSR count). The molecule has 9 nitrogen and oxygen atoms in total. The van der Waals surface area contributed by atoms with E-state index in [1.54, 1.807) is 24.3 Å². The van der Waals surface area contributed by atoms with Crippen molar-refractivity contribution in [2.24, 2.45) is 0 Å². The summed E-state index contributed by atoms with van der Waals surface area (Å²) in [5, 5.41) is 22.8. The number of benzene rings is 3. The smallest absolute Gasteiger partial charge is 0.301 e. The van der Waals surface area contributed by atoms with E-state index in [0.717, 1.165) is 15.8 Å². The normalized spacial score (nSPS) is 16.8. The highest BCUT2D eigenvalue weighted by molar-refractivity contribution is 7.22. The maximum absolute atomic E-state index is 13.4. The van der Waals surface area contributed by atoms with Crippen LogP contribution in [-0.4, -0.2) is 33.3 Å². The second-order valence-corrected chi connectivity index (χ2v) is 9.91. The second-order valence-electron chi connectivity index (χ2n) is 8.90. The number of nitrogens with zero attached hydrogens (tertiary/aromatic N) is 3. The van der Waals surface area contributed by atoms with Gasteiger partial charge in [-0.25, -0.2) is 4.98 Å². The fourth-order valence-electron chi connectivity index (χ4n) is 4.62. The molecule has 1 N–H and O–H groups in total. The molecule has 0 aliphatic carbocycles. The van der Waals surface area contributed by atoms with E-state index in [1.807, 2.05) is 32.9 Å². The Morgan fingerprint density at radius 1 is 1.11 bits per heavy atom. The Morgan fingerprint density at radius 3 is 2.42 bits per heavy atom. The molecular weight excluding hydrogens is 506 g/mol. The third-order valence-corrected chi connectivity index (χ3v) is 7.33. The number of hydrogen-bond donors (Lipinski definition) is 1. The molecule has 10 heteroatoms. The maximum atomic E-state index is 13.4. The topological polar surface area (TPSA) is 123 Å². The van der Waals surface area contributed by atoms with E-state index >= 15 is 0 Å². The van der Waals surface area contributed by atoms with Gasteiger partial charge in [0, 0.05) is 17.7 Å². The van der Waals surface area contributed by atoms with Crippen LogP contribution in [0.2, 0.25) is 0 Å². The zero-order valence-corrected chi connectivity index (χ0v) is 21.6. The highest BCUT2D eigenvalue weighted by Gasteiger charge is 2.48. The van der Waals surface area contributed by atoms with Crippen molar-refractivity contribution in [3.8, 4) is 5.75 Å². The standard InChI is InChI=1S/C28H23N3O6S/c1-4-37-20-11-7-18(8-12-20)25(32)22-24(17-5-9-19(10-6-17)31(35)36)30(27(34)26(22)33)28-29-23-16(3)13-15(2)14-21(23)38-28/h5-14,24,32H,4H2,1-3H3/t24-/m0/s1. The van der Waals surface area contributed by atoms with E-state index in [1.165, 1.54) is 40.5 Å². The number of fused-ring (bicyclic) bond motifs is 1. The molecule has 1 amide bonds. The Hall–Kier alpha value is -4.57. The Kier molecular flexibility index (Phi) is 6.41. The average molecular weight is 530 g/mol. The van der Waals surface area contributed by atoms with Gasteiger partial charge in [0.05, 0.1) is 33.4 Å². The van der Waals surface area contributed by atoms with Gasteiger partial charge in [0.2, 0.25) is 0 Å². The second kappa shape index (κ2) is 9.71. The van der Waals surface area contributed by atoms with Crippen molar-refractivity contribution in [3.63, 3.8) is 0 Å². The van der Waals surface area contributed by atoms with Gasteiger partial charge in [0.25, 0.3) is 11.5 Å². The first-order valence-corrected chi connectivity index (χ1v) is 12.7. The van der Waals surface area contributed by atoms with Crippen LogP contribution in [0.1, 0.15) is 35.2 Å². The fourth-order valence-corrected chi connectivity index (χ4v) is 5.79. The molecule has 192 valence electrons. The van der Waals surface area contributed by atoms with Gasteiger partial charge >= 0.3 is 5.91 Å². The monoisotopic (exact) mass is 529 g/mol. The summed E-state index contributed by atoms with van der Waals surface area (Å²) in [5.41, 5.74) is 3.17. The van der Waals surface area contributed by atoms with E-state index in [-0.39, 0.29) is 17.0 Å². The van der Waals surface area contributed by atoms with Crippen molar-refractivity contribution in [2.45, 2.75) is 26.8 Å². The van der Waals surface area contributed by atoms with Crippen LogP contribution in [-0.2, 0) is 9.59 Å². The summed E-state index contributed by atoms with van der Waals surface area (Å²) < 4.78 is 6.31. The Morgan fingerprint density at radius 2 is 1.79 bits per heavy atom. The van der Waals surface area contributed by atoms with Crippen molar-refractivity contribution >= 4 is 49.8 Å². The summed E-state index contributed by atoms with van der Waals surface area (Å²) in [5.74, 6) is -1.47. The zero-order chi connectivity index (χ0) is 27.1. The lowest BCUT2D eigenvalue weighted by Crippen LogP contribution is -2.29. The van der Waals surface area contributed by atoms with Gasteiger partial charge < -0.3 is 9.84 Å². The van der Waals surface area contributed by atoms with Gasteiger partial charge in [0.1, 0.15) is 11.5 Å². The molecule has 3 aromatic carbocycles. The molecule has 0 saturated carbocycles. The maximum Gasteiger partial charge on any atom is 0.301 e. The van der Waals surface area contributed by atoms with E-state index in [4.69, 9.17) is 4.74 Å². The number of carbonyl (C=O) groups is 2. The number of amides is 1. The number of aliphatic hydroxyl groups is 1. The van der Waals surface area contributed by atoms with Crippen LogP contribution in [0.25, 0.3) is 16.0 Å². The van der Waals surface area contributed by atoms with Crippen LogP contribution in [0, 0.1) is 24.0 Å². The number of rotatable bonds is 6. The molecule has 0 spiro atoms. The van der Waals surface area contributed by atoms with Crippen LogP contribution in [0.3, 0.4) is 0 Å². The summed E-state index contributed by atoms with van der Waals surface area (Å²) >= 11 is 1.26. The predicted molar refractivity (Wildman–Crippen MR) is 145 cm³/mol. The Bertz CT molecular complexity index is 1620. The Labute approximate surface area is 221 Å². The molecule has 1 aliphatic heterocycles. The van der Waals surface area contributed by atoms with Gasteiger partial charge in [-0.1, -0.05) is 17.4 Å². The minimum absolute atomic E-state index is 0.125. The summed E-state index contributed by atoms with van der Waals surface area (Å²) in [7, 11) is 0. The van der Waals surface area contributed by atoms with Crippen molar-refractivity contribution in [1.29, 1.82) is 0 Å². The third kappa shape index (κ3) is 4.28. The van der Waals surface area contributed by atoms with E-state index in [0.29, 0.717) is 34.1 Å². The quantitative estimate of drug-likeness (QED) is 0.109. The van der Waals surface area contributed by atoms with Gasteiger partial charge in [0.15, 0.2) is 5.13 Å². The number of nitro groups is 1. The SMILES string of the molecule is CCOc1ccc(C(O)=C2C(=O)C(=O)N(c3nc4c(C)cc(C)cc4s3)[C@H]2c2ccc([N+](=O)[O-])cc2)cc1. The molecule has 38 heavy (non-hydrogen) atoms. The lowest BCUT2D eigenvalue weighted by Gasteiger charge is -2.22. The van der Waals surface area contributed by atoms with Crippen molar-refractivity contribution in [1.82, 2.24) is 4.98 Å². The fraction of sp³-hybridized carbons (Fsp3) is 0.179. The number of aliphatic hydroxyl groups excluding tert-OH is 1. The number of aryl methyl sites for hydroxylation is 2. The highest BCUT2D eigenvalue weighted by Crippen LogP contribution is 2.45.